The van der Waals surface area contributed by atoms with Crippen LogP contribution in [0.1, 0.15) is 19.3 Å². The van der Waals surface area contributed by atoms with Crippen LogP contribution in [-0.2, 0) is 14.3 Å². The number of ether oxygens (including phenoxy) is 1. The standard InChI is InChI=1S/C12H22N2O8/c13-4-2-1-3-5(11(19)20)14-10(18)9-7(16)6(15)8(17)12(21)22-9/h5-9,12,15-17,21H,1-4,13H2,(H,14,18)(H,19,20)/t5-,6-,7+,8+,9+,12?/m0/s1. The quantitative estimate of drug-likeness (QED) is 0.234. The number of carboxylic acids is 1. The molecule has 0 bridgehead atoms. The van der Waals surface area contributed by atoms with E-state index in [1.165, 1.54) is 0 Å². The highest BCUT2D eigenvalue weighted by Crippen LogP contribution is 2.20. The number of aliphatic hydroxyl groups excluding tert-OH is 4. The van der Waals surface area contributed by atoms with E-state index in [0.717, 1.165) is 0 Å². The number of hydrogen-bond acceptors (Lipinski definition) is 8. The second-order valence-corrected chi connectivity index (χ2v) is 5.10. The highest BCUT2D eigenvalue weighted by molar-refractivity contribution is 5.86. The molecule has 1 aliphatic heterocycles. The minimum absolute atomic E-state index is 0.134. The molecule has 8 N–H and O–H groups in total. The molecule has 1 rings (SSSR count). The fourth-order valence-electron chi connectivity index (χ4n) is 2.08. The number of carboxylic acid groups (broad SMARTS) is 1. The summed E-state index contributed by atoms with van der Waals surface area (Å²) in [5, 5.41) is 49.1. The van der Waals surface area contributed by atoms with Crippen LogP contribution in [0.2, 0.25) is 0 Å². The van der Waals surface area contributed by atoms with Crippen molar-refractivity contribution >= 4 is 11.9 Å². The van der Waals surface area contributed by atoms with E-state index in [0.29, 0.717) is 19.4 Å². The molecule has 0 aromatic carbocycles. The third-order valence-corrected chi connectivity index (χ3v) is 3.41. The molecule has 1 unspecified atom stereocenters. The third kappa shape index (κ3) is 4.60. The second kappa shape index (κ2) is 8.36. The van der Waals surface area contributed by atoms with Gasteiger partial charge in [-0.1, -0.05) is 0 Å². The van der Waals surface area contributed by atoms with Crippen molar-refractivity contribution in [1.29, 1.82) is 0 Å². The van der Waals surface area contributed by atoms with Gasteiger partial charge in [0, 0.05) is 0 Å². The summed E-state index contributed by atoms with van der Waals surface area (Å²) in [6.45, 7) is 0.390. The van der Waals surface area contributed by atoms with Crippen LogP contribution in [0.5, 0.6) is 0 Å². The Kier molecular flexibility index (Phi) is 7.13. The van der Waals surface area contributed by atoms with Crippen LogP contribution in [0.3, 0.4) is 0 Å². The number of aliphatic carboxylic acids is 1. The molecule has 0 spiro atoms. The molecule has 0 aliphatic carbocycles. The van der Waals surface area contributed by atoms with E-state index in [1.54, 1.807) is 0 Å². The number of nitrogens with one attached hydrogen (secondary N) is 1. The maximum atomic E-state index is 12.0. The number of amides is 1. The Morgan fingerprint density at radius 2 is 1.73 bits per heavy atom. The summed E-state index contributed by atoms with van der Waals surface area (Å²) in [4.78, 5) is 23.1. The summed E-state index contributed by atoms with van der Waals surface area (Å²) in [5.41, 5.74) is 5.30. The highest BCUT2D eigenvalue weighted by Gasteiger charge is 2.46. The molecule has 0 radical (unpaired) electrons. The number of aliphatic hydroxyl groups is 4. The fraction of sp³-hybridized carbons (Fsp3) is 0.833. The molecule has 22 heavy (non-hydrogen) atoms. The molecule has 1 heterocycles. The van der Waals surface area contributed by atoms with E-state index >= 15 is 0 Å². The van der Waals surface area contributed by atoms with Crippen molar-refractivity contribution in [2.45, 2.75) is 56.0 Å². The first-order valence-corrected chi connectivity index (χ1v) is 6.90. The predicted molar refractivity (Wildman–Crippen MR) is 71.4 cm³/mol. The van der Waals surface area contributed by atoms with Crippen LogP contribution in [0, 0.1) is 0 Å². The zero-order valence-electron chi connectivity index (χ0n) is 11.8. The van der Waals surface area contributed by atoms with E-state index in [2.05, 4.69) is 5.32 Å². The molecule has 6 atom stereocenters. The summed E-state index contributed by atoms with van der Waals surface area (Å²) < 4.78 is 4.72. The summed E-state index contributed by atoms with van der Waals surface area (Å²) in [7, 11) is 0. The Morgan fingerprint density at radius 3 is 2.27 bits per heavy atom. The Bertz CT molecular complexity index is 393. The lowest BCUT2D eigenvalue weighted by atomic mass is 9.98. The fourth-order valence-corrected chi connectivity index (χ4v) is 2.08. The molecule has 1 aliphatic rings. The smallest absolute Gasteiger partial charge is 0.326 e. The monoisotopic (exact) mass is 322 g/mol. The minimum atomic E-state index is -1.87. The number of carbonyl (C=O) groups excluding carboxylic acids is 1. The van der Waals surface area contributed by atoms with E-state index in [1.807, 2.05) is 0 Å². The van der Waals surface area contributed by atoms with Crippen molar-refractivity contribution in [3.8, 4) is 0 Å². The highest BCUT2D eigenvalue weighted by atomic mass is 16.6. The van der Waals surface area contributed by atoms with E-state index in [-0.39, 0.29) is 6.42 Å². The van der Waals surface area contributed by atoms with Gasteiger partial charge in [0.1, 0.15) is 24.4 Å². The molecular weight excluding hydrogens is 300 g/mol. The molecule has 0 aromatic heterocycles. The molecule has 128 valence electrons. The minimum Gasteiger partial charge on any atom is -0.480 e. The van der Waals surface area contributed by atoms with Gasteiger partial charge in [0.05, 0.1) is 0 Å². The average molecular weight is 322 g/mol. The maximum Gasteiger partial charge on any atom is 0.326 e. The first-order chi connectivity index (χ1) is 10.3. The predicted octanol–water partition coefficient (Wildman–Crippen LogP) is -3.52. The molecule has 10 heteroatoms. The van der Waals surface area contributed by atoms with Gasteiger partial charge in [0.2, 0.25) is 0 Å². The van der Waals surface area contributed by atoms with Gasteiger partial charge in [-0.15, -0.1) is 0 Å². The largest absolute Gasteiger partial charge is 0.480 e. The number of hydrogen-bond donors (Lipinski definition) is 7. The molecule has 1 amide bonds. The van der Waals surface area contributed by atoms with Gasteiger partial charge < -0.3 is 41.3 Å². The van der Waals surface area contributed by atoms with Crippen LogP contribution in [0.4, 0.5) is 0 Å². The van der Waals surface area contributed by atoms with Crippen LogP contribution >= 0.6 is 0 Å². The summed E-state index contributed by atoms with van der Waals surface area (Å²) in [6.07, 6.45) is -7.71. The van der Waals surface area contributed by atoms with Crippen molar-refractivity contribution < 1.29 is 39.9 Å². The normalized spacial score (nSPS) is 33.2. The van der Waals surface area contributed by atoms with Gasteiger partial charge in [0.25, 0.3) is 5.91 Å². The van der Waals surface area contributed by atoms with Gasteiger partial charge >= 0.3 is 5.97 Å². The Labute approximate surface area is 126 Å². The van der Waals surface area contributed by atoms with Gasteiger partial charge in [-0.05, 0) is 25.8 Å². The number of nitrogens with two attached hydrogens (primary N) is 1. The van der Waals surface area contributed by atoms with Crippen LogP contribution in [0.15, 0.2) is 0 Å². The SMILES string of the molecule is NCCCC[C@H](NC(=O)[C@@H]1OC(O)[C@H](O)[C@@H](O)[C@H]1O)C(=O)O. The van der Waals surface area contributed by atoms with Crippen LogP contribution in [0.25, 0.3) is 0 Å². The second-order valence-electron chi connectivity index (χ2n) is 5.10. The van der Waals surface area contributed by atoms with E-state index < -0.39 is 48.6 Å². The van der Waals surface area contributed by atoms with Crippen molar-refractivity contribution in [2.75, 3.05) is 6.54 Å². The lowest BCUT2D eigenvalue weighted by Gasteiger charge is -2.37. The zero-order chi connectivity index (χ0) is 16.9. The van der Waals surface area contributed by atoms with Gasteiger partial charge in [-0.2, -0.15) is 0 Å². The molecule has 1 saturated heterocycles. The first-order valence-electron chi connectivity index (χ1n) is 6.90. The summed E-state index contributed by atoms with van der Waals surface area (Å²) >= 11 is 0. The molecule has 0 aromatic rings. The van der Waals surface area contributed by atoms with Crippen LogP contribution in [-0.4, -0.2) is 80.7 Å². The van der Waals surface area contributed by atoms with Crippen molar-refractivity contribution in [3.63, 3.8) is 0 Å². The third-order valence-electron chi connectivity index (χ3n) is 3.41. The van der Waals surface area contributed by atoms with Crippen molar-refractivity contribution in [2.24, 2.45) is 5.73 Å². The number of rotatable bonds is 7. The van der Waals surface area contributed by atoms with Gasteiger partial charge in [-0.3, -0.25) is 4.79 Å². The Balaban J connectivity index is 2.66. The zero-order valence-corrected chi connectivity index (χ0v) is 11.8. The Hall–Kier alpha value is -1.30. The Morgan fingerprint density at radius 1 is 1.09 bits per heavy atom. The molecule has 0 saturated carbocycles. The lowest BCUT2D eigenvalue weighted by Crippen LogP contribution is -2.62. The van der Waals surface area contributed by atoms with Gasteiger partial charge in [0.15, 0.2) is 12.4 Å². The number of unbranched alkanes of at least 4 members (excludes halogenated alkanes) is 1. The molecular formula is C12H22N2O8. The average Bonchev–Trinajstić information content (AvgIpc) is 2.47. The first kappa shape index (κ1) is 18.7. The van der Waals surface area contributed by atoms with Crippen molar-refractivity contribution in [1.82, 2.24) is 5.32 Å². The van der Waals surface area contributed by atoms with E-state index in [4.69, 9.17) is 15.6 Å². The summed E-state index contributed by atoms with van der Waals surface area (Å²) in [6, 6.07) is -1.21. The van der Waals surface area contributed by atoms with Crippen LogP contribution < -0.4 is 11.1 Å². The summed E-state index contributed by atoms with van der Waals surface area (Å²) in [5.74, 6) is -2.27. The molecule has 1 fully saturated rings. The molecule has 10 nitrogen and oxygen atoms in total. The maximum absolute atomic E-state index is 12.0. The number of carbonyl (C=O) groups is 2. The topological polar surface area (TPSA) is 183 Å². The van der Waals surface area contributed by atoms with Gasteiger partial charge in [-0.25, -0.2) is 4.79 Å². The van der Waals surface area contributed by atoms with E-state index in [9.17, 15) is 30.0 Å². The van der Waals surface area contributed by atoms with Crippen molar-refractivity contribution in [3.05, 3.63) is 0 Å². The lowest BCUT2D eigenvalue weighted by molar-refractivity contribution is -0.275.